The van der Waals surface area contributed by atoms with Gasteiger partial charge in [-0.2, -0.15) is 0 Å². The first-order chi connectivity index (χ1) is 12.6. The van der Waals surface area contributed by atoms with Crippen molar-refractivity contribution in [3.63, 3.8) is 0 Å². The SMILES string of the molecule is CN=C(NCc1csc(-c2ccccc2)n1)NCC(C)(C)c1cccs1. The van der Waals surface area contributed by atoms with Gasteiger partial charge in [-0.15, -0.1) is 22.7 Å². The Morgan fingerprint density at radius 2 is 1.88 bits per heavy atom. The van der Waals surface area contributed by atoms with E-state index in [1.165, 1.54) is 4.88 Å². The quantitative estimate of drug-likeness (QED) is 0.485. The molecule has 0 saturated heterocycles. The number of benzene rings is 1. The number of hydrogen-bond donors (Lipinski definition) is 2. The Balaban J connectivity index is 1.54. The number of aromatic nitrogens is 1. The third kappa shape index (κ3) is 4.71. The molecular formula is C20H24N4S2. The van der Waals surface area contributed by atoms with Gasteiger partial charge in [0, 0.05) is 34.8 Å². The van der Waals surface area contributed by atoms with Crippen LogP contribution in [-0.2, 0) is 12.0 Å². The van der Waals surface area contributed by atoms with E-state index in [1.807, 2.05) is 18.2 Å². The number of guanidine groups is 1. The molecule has 0 bridgehead atoms. The molecule has 2 heterocycles. The highest BCUT2D eigenvalue weighted by atomic mass is 32.1. The van der Waals surface area contributed by atoms with Crippen LogP contribution in [0, 0.1) is 0 Å². The van der Waals surface area contributed by atoms with Crippen molar-refractivity contribution in [2.45, 2.75) is 25.8 Å². The van der Waals surface area contributed by atoms with Crippen LogP contribution in [-0.4, -0.2) is 24.5 Å². The lowest BCUT2D eigenvalue weighted by Gasteiger charge is -2.25. The molecule has 0 atom stereocenters. The summed E-state index contributed by atoms with van der Waals surface area (Å²) >= 11 is 3.46. The van der Waals surface area contributed by atoms with Gasteiger partial charge in [-0.25, -0.2) is 4.98 Å². The highest BCUT2D eigenvalue weighted by Gasteiger charge is 2.21. The molecule has 26 heavy (non-hydrogen) atoms. The van der Waals surface area contributed by atoms with Gasteiger partial charge in [0.05, 0.1) is 12.2 Å². The van der Waals surface area contributed by atoms with Gasteiger partial charge in [0.1, 0.15) is 5.01 Å². The number of hydrogen-bond acceptors (Lipinski definition) is 4. The van der Waals surface area contributed by atoms with Crippen LogP contribution in [0.3, 0.4) is 0 Å². The number of thiophene rings is 1. The lowest BCUT2D eigenvalue weighted by molar-refractivity contribution is 0.518. The van der Waals surface area contributed by atoms with Gasteiger partial charge in [0.15, 0.2) is 5.96 Å². The molecule has 0 amide bonds. The van der Waals surface area contributed by atoms with Crippen molar-refractivity contribution in [3.05, 3.63) is 63.8 Å². The number of thiazole rings is 1. The molecule has 0 radical (unpaired) electrons. The first kappa shape index (κ1) is 18.6. The summed E-state index contributed by atoms with van der Waals surface area (Å²) in [6, 6.07) is 14.6. The fraction of sp³-hybridized carbons (Fsp3) is 0.300. The first-order valence-corrected chi connectivity index (χ1v) is 10.3. The van der Waals surface area contributed by atoms with Crippen molar-refractivity contribution in [2.75, 3.05) is 13.6 Å². The molecule has 4 nitrogen and oxygen atoms in total. The van der Waals surface area contributed by atoms with Gasteiger partial charge >= 0.3 is 0 Å². The maximum atomic E-state index is 4.71. The minimum atomic E-state index is 0.0624. The van der Waals surface area contributed by atoms with Crippen molar-refractivity contribution in [3.8, 4) is 10.6 Å². The Labute approximate surface area is 163 Å². The molecular weight excluding hydrogens is 360 g/mol. The van der Waals surface area contributed by atoms with Crippen LogP contribution in [0.2, 0.25) is 0 Å². The van der Waals surface area contributed by atoms with E-state index in [-0.39, 0.29) is 5.41 Å². The number of nitrogens with zero attached hydrogens (tertiary/aromatic N) is 2. The monoisotopic (exact) mass is 384 g/mol. The summed E-state index contributed by atoms with van der Waals surface area (Å²) in [4.78, 5) is 10.4. The van der Waals surface area contributed by atoms with Crippen LogP contribution in [0.4, 0.5) is 0 Å². The summed E-state index contributed by atoms with van der Waals surface area (Å²) in [5.74, 6) is 0.795. The lowest BCUT2D eigenvalue weighted by Crippen LogP contribution is -2.43. The zero-order valence-corrected chi connectivity index (χ0v) is 17.0. The Morgan fingerprint density at radius 3 is 2.58 bits per heavy atom. The number of nitrogens with one attached hydrogen (secondary N) is 2. The van der Waals surface area contributed by atoms with E-state index < -0.39 is 0 Å². The average molecular weight is 385 g/mol. The smallest absolute Gasteiger partial charge is 0.191 e. The van der Waals surface area contributed by atoms with Crippen LogP contribution in [0.15, 0.2) is 58.2 Å². The first-order valence-electron chi connectivity index (χ1n) is 8.57. The van der Waals surface area contributed by atoms with E-state index in [9.17, 15) is 0 Å². The summed E-state index contributed by atoms with van der Waals surface area (Å²) in [6.07, 6.45) is 0. The standard InChI is InChI=1S/C20H24N4S2/c1-20(2,17-10-7-11-25-17)14-23-19(21-3)22-12-16-13-26-18(24-16)15-8-5-4-6-9-15/h4-11,13H,12,14H2,1-3H3,(H2,21,22,23). The van der Waals surface area contributed by atoms with Crippen molar-refractivity contribution in [2.24, 2.45) is 4.99 Å². The molecule has 0 saturated carbocycles. The molecule has 1 aromatic carbocycles. The lowest BCUT2D eigenvalue weighted by atomic mass is 9.91. The fourth-order valence-electron chi connectivity index (χ4n) is 2.55. The Morgan fingerprint density at radius 1 is 1.08 bits per heavy atom. The van der Waals surface area contributed by atoms with Crippen LogP contribution in [0.25, 0.3) is 10.6 Å². The molecule has 0 unspecified atom stereocenters. The fourth-order valence-corrected chi connectivity index (χ4v) is 4.23. The van der Waals surface area contributed by atoms with Crippen molar-refractivity contribution < 1.29 is 0 Å². The average Bonchev–Trinajstić information content (AvgIpc) is 3.35. The van der Waals surface area contributed by atoms with Crippen molar-refractivity contribution in [1.29, 1.82) is 0 Å². The van der Waals surface area contributed by atoms with Crippen LogP contribution in [0.1, 0.15) is 24.4 Å². The summed E-state index contributed by atoms with van der Waals surface area (Å²) in [7, 11) is 1.80. The summed E-state index contributed by atoms with van der Waals surface area (Å²) in [5, 5.41) is 12.0. The largest absolute Gasteiger partial charge is 0.356 e. The molecule has 6 heteroatoms. The Hall–Kier alpha value is -2.18. The summed E-state index contributed by atoms with van der Waals surface area (Å²) in [6.45, 7) is 5.96. The van der Waals surface area contributed by atoms with Gasteiger partial charge in [-0.1, -0.05) is 50.2 Å². The second-order valence-corrected chi connectivity index (χ2v) is 8.46. The van der Waals surface area contributed by atoms with Gasteiger partial charge < -0.3 is 10.6 Å². The Bertz CT molecular complexity index is 836. The van der Waals surface area contributed by atoms with E-state index in [2.05, 4.69) is 64.5 Å². The molecule has 2 aromatic heterocycles. The van der Waals surface area contributed by atoms with Gasteiger partial charge in [-0.3, -0.25) is 4.99 Å². The summed E-state index contributed by atoms with van der Waals surface area (Å²) < 4.78 is 0. The van der Waals surface area contributed by atoms with Crippen molar-refractivity contribution >= 4 is 28.6 Å². The minimum absolute atomic E-state index is 0.0624. The number of rotatable bonds is 6. The predicted molar refractivity (Wildman–Crippen MR) is 113 cm³/mol. The van der Waals surface area contributed by atoms with E-state index in [1.54, 1.807) is 29.7 Å². The molecule has 0 fully saturated rings. The molecule has 3 aromatic rings. The summed E-state index contributed by atoms with van der Waals surface area (Å²) in [5.41, 5.74) is 2.24. The molecule has 0 aliphatic carbocycles. The highest BCUT2D eigenvalue weighted by Crippen LogP contribution is 2.26. The van der Waals surface area contributed by atoms with E-state index in [4.69, 9.17) is 4.98 Å². The van der Waals surface area contributed by atoms with E-state index in [0.717, 1.165) is 28.8 Å². The third-order valence-electron chi connectivity index (χ3n) is 4.12. The second-order valence-electron chi connectivity index (χ2n) is 6.65. The molecule has 0 aliphatic heterocycles. The third-order valence-corrected chi connectivity index (χ3v) is 6.30. The van der Waals surface area contributed by atoms with Gasteiger partial charge in [0.25, 0.3) is 0 Å². The van der Waals surface area contributed by atoms with Crippen LogP contribution >= 0.6 is 22.7 Å². The maximum Gasteiger partial charge on any atom is 0.191 e. The van der Waals surface area contributed by atoms with E-state index in [0.29, 0.717) is 6.54 Å². The zero-order valence-electron chi connectivity index (χ0n) is 15.3. The Kier molecular flexibility index (Phi) is 6.06. The second kappa shape index (κ2) is 8.47. The molecule has 3 rings (SSSR count). The molecule has 0 aliphatic rings. The molecule has 0 spiro atoms. The van der Waals surface area contributed by atoms with Gasteiger partial charge in [0.2, 0.25) is 0 Å². The number of aliphatic imine (C=N–C) groups is 1. The topological polar surface area (TPSA) is 49.3 Å². The predicted octanol–water partition coefficient (Wildman–Crippen LogP) is 4.51. The van der Waals surface area contributed by atoms with E-state index >= 15 is 0 Å². The van der Waals surface area contributed by atoms with Crippen LogP contribution < -0.4 is 10.6 Å². The molecule has 2 N–H and O–H groups in total. The normalized spacial score (nSPS) is 12.2. The van der Waals surface area contributed by atoms with Gasteiger partial charge in [-0.05, 0) is 11.4 Å². The van der Waals surface area contributed by atoms with Crippen LogP contribution in [0.5, 0.6) is 0 Å². The zero-order chi connectivity index (χ0) is 18.4. The molecule has 136 valence electrons. The minimum Gasteiger partial charge on any atom is -0.356 e. The van der Waals surface area contributed by atoms with Crippen molar-refractivity contribution in [1.82, 2.24) is 15.6 Å². The highest BCUT2D eigenvalue weighted by molar-refractivity contribution is 7.13. The maximum absolute atomic E-state index is 4.71.